The average molecular weight is 289 g/mol. The molecule has 0 amide bonds. The highest BCUT2D eigenvalue weighted by molar-refractivity contribution is 5.97. The van der Waals surface area contributed by atoms with Gasteiger partial charge in [0.25, 0.3) is 0 Å². The number of aryl methyl sites for hydroxylation is 2. The molecule has 21 heavy (non-hydrogen) atoms. The summed E-state index contributed by atoms with van der Waals surface area (Å²) in [4.78, 5) is 11.3. The number of hydrogen-bond donors (Lipinski definition) is 2. The van der Waals surface area contributed by atoms with Gasteiger partial charge in [-0.3, -0.25) is 0 Å². The molecule has 0 spiro atoms. The van der Waals surface area contributed by atoms with Gasteiger partial charge in [-0.1, -0.05) is 12.1 Å². The third-order valence-corrected chi connectivity index (χ3v) is 3.45. The number of nitrogens with two attached hydrogens (primary N) is 1. The van der Waals surface area contributed by atoms with Crippen LogP contribution < -0.4 is 10.5 Å². The Labute approximate surface area is 122 Å². The first-order valence-electron chi connectivity index (χ1n) is 6.39. The van der Waals surface area contributed by atoms with Crippen molar-refractivity contribution in [1.82, 2.24) is 0 Å². The molecule has 0 bridgehead atoms. The van der Waals surface area contributed by atoms with E-state index in [1.165, 1.54) is 6.07 Å². The van der Waals surface area contributed by atoms with Crippen molar-refractivity contribution in [2.45, 2.75) is 20.8 Å². The van der Waals surface area contributed by atoms with E-state index in [2.05, 4.69) is 0 Å². The zero-order chi connectivity index (χ0) is 15.7. The summed E-state index contributed by atoms with van der Waals surface area (Å²) in [6, 6.07) is 6.20. The summed E-state index contributed by atoms with van der Waals surface area (Å²) in [6.07, 6.45) is 0. The van der Waals surface area contributed by atoms with E-state index in [0.717, 1.165) is 22.8 Å². The van der Waals surface area contributed by atoms with Gasteiger partial charge in [0.05, 0.1) is 5.69 Å². The highest BCUT2D eigenvalue weighted by atomic mass is 19.1. The molecule has 0 atom stereocenters. The van der Waals surface area contributed by atoms with Gasteiger partial charge in [0.2, 0.25) is 0 Å². The molecule has 5 heteroatoms. The smallest absolute Gasteiger partial charge is 0.341 e. The van der Waals surface area contributed by atoms with Crippen LogP contribution in [-0.4, -0.2) is 11.1 Å². The summed E-state index contributed by atoms with van der Waals surface area (Å²) in [6.45, 7) is 5.67. The van der Waals surface area contributed by atoms with Crippen LogP contribution in [-0.2, 0) is 0 Å². The van der Waals surface area contributed by atoms with Crippen LogP contribution in [0.4, 0.5) is 10.1 Å². The molecular formula is C16H16FNO3. The summed E-state index contributed by atoms with van der Waals surface area (Å²) in [7, 11) is 0. The molecule has 2 aromatic rings. The Morgan fingerprint density at radius 1 is 1.14 bits per heavy atom. The van der Waals surface area contributed by atoms with Gasteiger partial charge in [-0.15, -0.1) is 0 Å². The standard InChI is InChI=1S/C16H16FNO3/c1-8-4-5-9(2)15(10(8)3)21-12-7-6-11(17)14(18)13(12)16(19)20/h4-7H,18H2,1-3H3,(H,19,20). The molecule has 0 heterocycles. The van der Waals surface area contributed by atoms with Gasteiger partial charge in [-0.25, -0.2) is 9.18 Å². The van der Waals surface area contributed by atoms with E-state index in [1.54, 1.807) is 0 Å². The van der Waals surface area contributed by atoms with Crippen LogP contribution in [0.5, 0.6) is 11.5 Å². The van der Waals surface area contributed by atoms with Crippen LogP contribution in [0.15, 0.2) is 24.3 Å². The molecule has 0 aliphatic carbocycles. The molecule has 0 saturated heterocycles. The van der Waals surface area contributed by atoms with E-state index in [1.807, 2.05) is 32.9 Å². The monoisotopic (exact) mass is 289 g/mol. The van der Waals surface area contributed by atoms with Crippen molar-refractivity contribution in [3.8, 4) is 11.5 Å². The molecule has 0 aliphatic rings. The summed E-state index contributed by atoms with van der Waals surface area (Å²) in [5.41, 5.74) is 7.49. The number of hydrogen-bond acceptors (Lipinski definition) is 3. The number of carboxylic acids is 1. The normalized spacial score (nSPS) is 10.5. The molecule has 3 N–H and O–H groups in total. The lowest BCUT2D eigenvalue weighted by atomic mass is 10.0. The number of rotatable bonds is 3. The van der Waals surface area contributed by atoms with Crippen LogP contribution >= 0.6 is 0 Å². The van der Waals surface area contributed by atoms with E-state index in [4.69, 9.17) is 10.5 Å². The second kappa shape index (κ2) is 5.44. The summed E-state index contributed by atoms with van der Waals surface area (Å²) in [5, 5.41) is 9.22. The number of carboxylic acid groups (broad SMARTS) is 1. The molecular weight excluding hydrogens is 273 g/mol. The summed E-state index contributed by atoms with van der Waals surface area (Å²) < 4.78 is 19.2. The number of aromatic carboxylic acids is 1. The second-order valence-corrected chi connectivity index (χ2v) is 4.89. The highest BCUT2D eigenvalue weighted by Crippen LogP contribution is 2.35. The lowest BCUT2D eigenvalue weighted by Gasteiger charge is -2.16. The lowest BCUT2D eigenvalue weighted by molar-refractivity contribution is 0.0695. The molecule has 110 valence electrons. The fourth-order valence-corrected chi connectivity index (χ4v) is 2.07. The predicted molar refractivity (Wildman–Crippen MR) is 78.5 cm³/mol. The van der Waals surface area contributed by atoms with Gasteiger partial charge in [-0.2, -0.15) is 0 Å². The first kappa shape index (κ1) is 14.8. The minimum atomic E-state index is -1.33. The van der Waals surface area contributed by atoms with Gasteiger partial charge >= 0.3 is 5.97 Å². The van der Waals surface area contributed by atoms with Crippen molar-refractivity contribution in [2.24, 2.45) is 0 Å². The Bertz CT molecular complexity index is 726. The van der Waals surface area contributed by atoms with Gasteiger partial charge in [0.15, 0.2) is 0 Å². The Morgan fingerprint density at radius 2 is 1.76 bits per heavy atom. The third-order valence-electron chi connectivity index (χ3n) is 3.45. The van der Waals surface area contributed by atoms with E-state index >= 15 is 0 Å². The van der Waals surface area contributed by atoms with E-state index in [0.29, 0.717) is 5.75 Å². The van der Waals surface area contributed by atoms with Crippen molar-refractivity contribution in [2.75, 3.05) is 5.73 Å². The quantitative estimate of drug-likeness (QED) is 0.842. The topological polar surface area (TPSA) is 72.5 Å². The first-order valence-corrected chi connectivity index (χ1v) is 6.39. The van der Waals surface area contributed by atoms with Crippen molar-refractivity contribution in [3.63, 3.8) is 0 Å². The minimum Gasteiger partial charge on any atom is -0.477 e. The first-order chi connectivity index (χ1) is 9.82. The maximum Gasteiger partial charge on any atom is 0.341 e. The van der Waals surface area contributed by atoms with Crippen molar-refractivity contribution in [1.29, 1.82) is 0 Å². The predicted octanol–water partition coefficient (Wildman–Crippen LogP) is 3.82. The Kier molecular flexibility index (Phi) is 3.84. The maximum absolute atomic E-state index is 13.4. The number of carbonyl (C=O) groups is 1. The van der Waals surface area contributed by atoms with Crippen LogP contribution in [0, 0.1) is 26.6 Å². The second-order valence-electron chi connectivity index (χ2n) is 4.89. The Hall–Kier alpha value is -2.56. The number of benzene rings is 2. The number of halogens is 1. The molecule has 2 aromatic carbocycles. The van der Waals surface area contributed by atoms with Crippen LogP contribution in [0.2, 0.25) is 0 Å². The average Bonchev–Trinajstić information content (AvgIpc) is 2.42. The zero-order valence-corrected chi connectivity index (χ0v) is 12.0. The fourth-order valence-electron chi connectivity index (χ4n) is 2.07. The van der Waals surface area contributed by atoms with Crippen molar-refractivity contribution < 1.29 is 19.0 Å². The number of anilines is 1. The van der Waals surface area contributed by atoms with Crippen LogP contribution in [0.3, 0.4) is 0 Å². The number of ether oxygens (including phenoxy) is 1. The third kappa shape index (κ3) is 2.67. The van der Waals surface area contributed by atoms with Crippen molar-refractivity contribution in [3.05, 3.63) is 52.3 Å². The fraction of sp³-hybridized carbons (Fsp3) is 0.188. The molecule has 4 nitrogen and oxygen atoms in total. The molecule has 2 rings (SSSR count). The Morgan fingerprint density at radius 3 is 2.38 bits per heavy atom. The lowest BCUT2D eigenvalue weighted by Crippen LogP contribution is -2.07. The molecule has 0 aliphatic heterocycles. The molecule has 0 fully saturated rings. The molecule has 0 unspecified atom stereocenters. The van der Waals surface area contributed by atoms with Gasteiger partial charge in [0, 0.05) is 0 Å². The van der Waals surface area contributed by atoms with Gasteiger partial charge in [0.1, 0.15) is 22.9 Å². The van der Waals surface area contributed by atoms with E-state index in [9.17, 15) is 14.3 Å². The van der Waals surface area contributed by atoms with Crippen molar-refractivity contribution >= 4 is 11.7 Å². The van der Waals surface area contributed by atoms with Crippen LogP contribution in [0.25, 0.3) is 0 Å². The largest absolute Gasteiger partial charge is 0.477 e. The summed E-state index contributed by atoms with van der Waals surface area (Å²) in [5.74, 6) is -1.52. The molecule has 0 radical (unpaired) electrons. The maximum atomic E-state index is 13.4. The van der Waals surface area contributed by atoms with E-state index < -0.39 is 17.5 Å². The molecule has 0 aromatic heterocycles. The zero-order valence-electron chi connectivity index (χ0n) is 12.0. The van der Waals surface area contributed by atoms with Gasteiger partial charge < -0.3 is 15.6 Å². The molecule has 0 saturated carbocycles. The SMILES string of the molecule is Cc1ccc(C)c(Oc2ccc(F)c(N)c2C(=O)O)c1C. The highest BCUT2D eigenvalue weighted by Gasteiger charge is 2.20. The minimum absolute atomic E-state index is 0.0261. The van der Waals surface area contributed by atoms with Crippen LogP contribution in [0.1, 0.15) is 27.0 Å². The summed E-state index contributed by atoms with van der Waals surface area (Å²) >= 11 is 0. The number of nitrogen functional groups attached to an aromatic ring is 1. The van der Waals surface area contributed by atoms with Gasteiger partial charge in [-0.05, 0) is 49.6 Å². The van der Waals surface area contributed by atoms with E-state index in [-0.39, 0.29) is 11.3 Å². The Balaban J connectivity index is 2.58.